The zero-order chi connectivity index (χ0) is 24.9. The van der Waals surface area contributed by atoms with Crippen molar-refractivity contribution < 1.29 is 14.0 Å². The molecule has 35 heavy (non-hydrogen) atoms. The molecule has 1 saturated heterocycles. The van der Waals surface area contributed by atoms with Crippen molar-refractivity contribution in [1.29, 1.82) is 5.26 Å². The van der Waals surface area contributed by atoms with E-state index in [1.807, 2.05) is 48.5 Å². The predicted molar refractivity (Wildman–Crippen MR) is 138 cm³/mol. The summed E-state index contributed by atoms with van der Waals surface area (Å²) in [5.74, 6) is 0.149. The van der Waals surface area contributed by atoms with Crippen molar-refractivity contribution in [3.8, 4) is 6.07 Å². The van der Waals surface area contributed by atoms with Crippen molar-refractivity contribution in [2.45, 2.75) is 38.0 Å². The Morgan fingerprint density at radius 1 is 1.20 bits per heavy atom. The lowest BCUT2D eigenvalue weighted by molar-refractivity contribution is -0.117. The van der Waals surface area contributed by atoms with Crippen molar-refractivity contribution in [2.75, 3.05) is 4.90 Å². The largest absolute Gasteiger partial charge is 0.467 e. The van der Waals surface area contributed by atoms with Crippen LogP contribution >= 0.6 is 23.4 Å². The summed E-state index contributed by atoms with van der Waals surface area (Å²) >= 11 is 7.36. The first-order valence-electron chi connectivity index (χ1n) is 11.2. The fraction of sp³-hybridized carbons (Fsp3) is 0.222. The molecule has 4 rings (SSSR count). The minimum atomic E-state index is -0.564. The van der Waals surface area contributed by atoms with Crippen LogP contribution in [0.3, 0.4) is 0 Å². The molecule has 1 aliphatic rings. The standard InChI is InChI=1S/C27H24ClN3O3S/c1-17(2)19-8-10-21(11-9-19)31-26(33)24(14-18-5-3-6-20(28)13-18)35-27(31)23(15-29)25(32)30-16-22-7-4-12-34-22/h3-13,17,24H,14,16H2,1-2H3,(H,30,32)/b27-23-. The van der Waals surface area contributed by atoms with E-state index < -0.39 is 11.2 Å². The maximum atomic E-state index is 13.6. The van der Waals surface area contributed by atoms with Crippen LogP contribution in [0.2, 0.25) is 5.02 Å². The van der Waals surface area contributed by atoms with Gasteiger partial charge in [0, 0.05) is 10.7 Å². The first-order chi connectivity index (χ1) is 16.9. The van der Waals surface area contributed by atoms with Gasteiger partial charge in [0.25, 0.3) is 5.91 Å². The van der Waals surface area contributed by atoms with Crippen LogP contribution in [0.25, 0.3) is 0 Å². The topological polar surface area (TPSA) is 86.3 Å². The summed E-state index contributed by atoms with van der Waals surface area (Å²) in [6, 6.07) is 20.4. The van der Waals surface area contributed by atoms with Gasteiger partial charge in [-0.3, -0.25) is 14.5 Å². The Labute approximate surface area is 213 Å². The third-order valence-corrected chi connectivity index (χ3v) is 7.13. The van der Waals surface area contributed by atoms with Crippen molar-refractivity contribution >= 4 is 40.9 Å². The molecule has 1 unspecified atom stereocenters. The van der Waals surface area contributed by atoms with Gasteiger partial charge >= 0.3 is 0 Å². The summed E-state index contributed by atoms with van der Waals surface area (Å²) in [5.41, 5.74) is 2.53. The van der Waals surface area contributed by atoms with E-state index in [4.69, 9.17) is 16.0 Å². The van der Waals surface area contributed by atoms with Crippen LogP contribution in [0.1, 0.15) is 36.7 Å². The molecule has 0 bridgehead atoms. The molecule has 0 radical (unpaired) electrons. The average Bonchev–Trinajstić information content (AvgIpc) is 3.47. The molecular formula is C27H24ClN3O3S. The number of furan rings is 1. The lowest BCUT2D eigenvalue weighted by Crippen LogP contribution is -2.32. The number of nitriles is 1. The normalized spacial score (nSPS) is 16.9. The van der Waals surface area contributed by atoms with E-state index >= 15 is 0 Å². The molecule has 178 valence electrons. The zero-order valence-corrected chi connectivity index (χ0v) is 20.9. The second-order valence-electron chi connectivity index (χ2n) is 8.41. The first kappa shape index (κ1) is 24.6. The Hall–Kier alpha value is -3.47. The Balaban J connectivity index is 1.69. The SMILES string of the molecule is CC(C)c1ccc(N2C(=O)C(Cc3cccc(Cl)c3)S/C2=C(/C#N)C(=O)NCc2ccco2)cc1. The number of carbonyl (C=O) groups is 2. The zero-order valence-electron chi connectivity index (χ0n) is 19.3. The van der Waals surface area contributed by atoms with E-state index in [0.29, 0.717) is 33.8 Å². The highest BCUT2D eigenvalue weighted by Crippen LogP contribution is 2.42. The van der Waals surface area contributed by atoms with Gasteiger partial charge in [-0.05, 0) is 59.9 Å². The van der Waals surface area contributed by atoms with Gasteiger partial charge in [0.1, 0.15) is 22.4 Å². The lowest BCUT2D eigenvalue weighted by atomic mass is 10.0. The number of nitrogens with zero attached hydrogens (tertiary/aromatic N) is 2. The monoisotopic (exact) mass is 505 g/mol. The van der Waals surface area contributed by atoms with Gasteiger partial charge in [-0.25, -0.2) is 0 Å². The molecule has 0 saturated carbocycles. The average molecular weight is 506 g/mol. The van der Waals surface area contributed by atoms with E-state index in [1.165, 1.54) is 22.9 Å². The summed E-state index contributed by atoms with van der Waals surface area (Å²) in [6.07, 6.45) is 1.93. The molecule has 0 spiro atoms. The molecule has 6 nitrogen and oxygen atoms in total. The minimum absolute atomic E-state index is 0.114. The molecule has 1 fully saturated rings. The number of carbonyl (C=O) groups excluding carboxylic acids is 2. The number of anilines is 1. The van der Waals surface area contributed by atoms with E-state index in [-0.39, 0.29) is 18.0 Å². The van der Waals surface area contributed by atoms with Gasteiger partial charge in [-0.1, -0.05) is 61.5 Å². The van der Waals surface area contributed by atoms with Crippen LogP contribution in [0.4, 0.5) is 5.69 Å². The number of rotatable bonds is 7. The molecule has 2 aromatic carbocycles. The van der Waals surface area contributed by atoms with Gasteiger partial charge in [0.2, 0.25) is 5.91 Å². The second-order valence-corrected chi connectivity index (χ2v) is 10.0. The molecule has 1 N–H and O–H groups in total. The highest BCUT2D eigenvalue weighted by atomic mass is 35.5. The Bertz CT molecular complexity index is 1290. The first-order valence-corrected chi connectivity index (χ1v) is 12.4. The smallest absolute Gasteiger partial charge is 0.265 e. The second kappa shape index (κ2) is 10.9. The summed E-state index contributed by atoms with van der Waals surface area (Å²) in [5, 5.41) is 13.0. The maximum Gasteiger partial charge on any atom is 0.265 e. The summed E-state index contributed by atoms with van der Waals surface area (Å²) < 4.78 is 5.26. The van der Waals surface area contributed by atoms with Crippen LogP contribution < -0.4 is 10.2 Å². The van der Waals surface area contributed by atoms with Crippen LogP contribution in [0, 0.1) is 11.3 Å². The number of thioether (sulfide) groups is 1. The Morgan fingerprint density at radius 2 is 1.97 bits per heavy atom. The maximum absolute atomic E-state index is 13.6. The summed E-state index contributed by atoms with van der Waals surface area (Å²) in [7, 11) is 0. The molecule has 1 aliphatic heterocycles. The lowest BCUT2D eigenvalue weighted by Gasteiger charge is -2.19. The van der Waals surface area contributed by atoms with E-state index in [1.54, 1.807) is 18.2 Å². The van der Waals surface area contributed by atoms with Crippen molar-refractivity contribution in [1.82, 2.24) is 5.32 Å². The molecule has 3 aromatic rings. The van der Waals surface area contributed by atoms with Crippen molar-refractivity contribution in [3.63, 3.8) is 0 Å². The van der Waals surface area contributed by atoms with Crippen LogP contribution in [-0.2, 0) is 22.6 Å². The van der Waals surface area contributed by atoms with Gasteiger partial charge in [0.15, 0.2) is 0 Å². The molecular weight excluding hydrogens is 482 g/mol. The summed E-state index contributed by atoms with van der Waals surface area (Å²) in [6.45, 7) is 4.32. The molecule has 1 atom stereocenters. The molecule has 1 aromatic heterocycles. The fourth-order valence-electron chi connectivity index (χ4n) is 3.78. The third kappa shape index (κ3) is 5.61. The number of benzene rings is 2. The third-order valence-electron chi connectivity index (χ3n) is 5.64. The Kier molecular flexibility index (Phi) is 7.64. The van der Waals surface area contributed by atoms with E-state index in [9.17, 15) is 14.9 Å². The fourth-order valence-corrected chi connectivity index (χ4v) is 5.30. The van der Waals surface area contributed by atoms with Crippen LogP contribution in [0.15, 0.2) is 81.9 Å². The van der Waals surface area contributed by atoms with Crippen LogP contribution in [-0.4, -0.2) is 17.1 Å². The van der Waals surface area contributed by atoms with Crippen molar-refractivity contribution in [2.24, 2.45) is 0 Å². The molecule has 2 heterocycles. The van der Waals surface area contributed by atoms with E-state index in [2.05, 4.69) is 19.2 Å². The Morgan fingerprint density at radius 3 is 2.60 bits per heavy atom. The number of halogens is 1. The highest BCUT2D eigenvalue weighted by molar-refractivity contribution is 8.05. The number of nitrogens with one attached hydrogen (secondary N) is 1. The predicted octanol–water partition coefficient (Wildman–Crippen LogP) is 5.80. The van der Waals surface area contributed by atoms with Crippen molar-refractivity contribution in [3.05, 3.63) is 99.4 Å². The van der Waals surface area contributed by atoms with Gasteiger partial charge in [0.05, 0.1) is 18.1 Å². The van der Waals surface area contributed by atoms with Gasteiger partial charge < -0.3 is 9.73 Å². The van der Waals surface area contributed by atoms with Gasteiger partial charge in [-0.2, -0.15) is 5.26 Å². The number of hydrogen-bond donors (Lipinski definition) is 1. The highest BCUT2D eigenvalue weighted by Gasteiger charge is 2.40. The molecule has 2 amide bonds. The number of amides is 2. The number of hydrogen-bond acceptors (Lipinski definition) is 5. The minimum Gasteiger partial charge on any atom is -0.467 e. The molecule has 8 heteroatoms. The quantitative estimate of drug-likeness (QED) is 0.324. The summed E-state index contributed by atoms with van der Waals surface area (Å²) in [4.78, 5) is 28.1. The van der Waals surface area contributed by atoms with Crippen LogP contribution in [0.5, 0.6) is 0 Å². The van der Waals surface area contributed by atoms with E-state index in [0.717, 1.165) is 11.1 Å². The van der Waals surface area contributed by atoms with Gasteiger partial charge in [-0.15, -0.1) is 0 Å². The molecule has 0 aliphatic carbocycles.